The minimum absolute atomic E-state index is 0.317. The van der Waals surface area contributed by atoms with E-state index in [1.807, 2.05) is 12.1 Å². The molecule has 0 spiro atoms. The Morgan fingerprint density at radius 2 is 2.21 bits per heavy atom. The molecule has 1 aromatic heterocycles. The Labute approximate surface area is 114 Å². The van der Waals surface area contributed by atoms with Gasteiger partial charge in [-0.25, -0.2) is 0 Å². The lowest BCUT2D eigenvalue weighted by Crippen LogP contribution is -2.50. The third-order valence-electron chi connectivity index (χ3n) is 4.43. The van der Waals surface area contributed by atoms with Gasteiger partial charge in [-0.15, -0.1) is 0 Å². The molecule has 2 heterocycles. The highest BCUT2D eigenvalue weighted by Gasteiger charge is 2.32. The van der Waals surface area contributed by atoms with Crippen molar-refractivity contribution in [3.8, 4) is 0 Å². The van der Waals surface area contributed by atoms with Crippen LogP contribution in [0.5, 0.6) is 0 Å². The maximum absolute atomic E-state index is 10.2. The van der Waals surface area contributed by atoms with E-state index in [4.69, 9.17) is 9.15 Å². The van der Waals surface area contributed by atoms with Gasteiger partial charge in [0, 0.05) is 18.6 Å². The van der Waals surface area contributed by atoms with Crippen molar-refractivity contribution in [2.24, 2.45) is 0 Å². The molecule has 2 fully saturated rings. The van der Waals surface area contributed by atoms with Crippen molar-refractivity contribution in [3.05, 3.63) is 24.2 Å². The molecule has 1 N–H and O–H groups in total. The predicted molar refractivity (Wildman–Crippen MR) is 71.9 cm³/mol. The van der Waals surface area contributed by atoms with Crippen molar-refractivity contribution in [1.82, 2.24) is 4.90 Å². The van der Waals surface area contributed by atoms with E-state index in [1.165, 1.54) is 25.7 Å². The number of nitrogens with zero attached hydrogens (tertiary/aromatic N) is 1. The second-order valence-corrected chi connectivity index (χ2v) is 5.67. The average Bonchev–Trinajstić information content (AvgIpc) is 3.13. The van der Waals surface area contributed by atoms with Crippen LogP contribution in [0.4, 0.5) is 0 Å². The third-order valence-corrected chi connectivity index (χ3v) is 4.43. The zero-order valence-electron chi connectivity index (χ0n) is 11.3. The van der Waals surface area contributed by atoms with Crippen LogP contribution in [0, 0.1) is 0 Å². The van der Waals surface area contributed by atoms with Gasteiger partial charge >= 0.3 is 0 Å². The number of rotatable bonds is 4. The summed E-state index contributed by atoms with van der Waals surface area (Å²) in [6.45, 7) is 2.55. The molecule has 4 nitrogen and oxygen atoms in total. The zero-order chi connectivity index (χ0) is 13.1. The summed E-state index contributed by atoms with van der Waals surface area (Å²) in [5, 5.41) is 10.2. The molecule has 106 valence electrons. The molecule has 0 radical (unpaired) electrons. The summed E-state index contributed by atoms with van der Waals surface area (Å²) >= 11 is 0. The van der Waals surface area contributed by atoms with Gasteiger partial charge < -0.3 is 14.3 Å². The number of hydrogen-bond donors (Lipinski definition) is 1. The summed E-state index contributed by atoms with van der Waals surface area (Å²) in [4.78, 5) is 2.56. The smallest absolute Gasteiger partial charge is 0.132 e. The maximum Gasteiger partial charge on any atom is 0.132 e. The Hall–Kier alpha value is -0.840. The summed E-state index contributed by atoms with van der Waals surface area (Å²) in [5.41, 5.74) is 0. The summed E-state index contributed by atoms with van der Waals surface area (Å²) < 4.78 is 10.9. The summed E-state index contributed by atoms with van der Waals surface area (Å²) in [6.07, 6.45) is 7.07. The molecule has 4 heteroatoms. The topological polar surface area (TPSA) is 45.8 Å². The minimum atomic E-state index is -0.523. The van der Waals surface area contributed by atoms with Gasteiger partial charge in [0.15, 0.2) is 0 Å². The Morgan fingerprint density at radius 3 is 2.95 bits per heavy atom. The Morgan fingerprint density at radius 1 is 1.37 bits per heavy atom. The van der Waals surface area contributed by atoms with E-state index in [1.54, 1.807) is 6.26 Å². The maximum atomic E-state index is 10.2. The second kappa shape index (κ2) is 6.07. The lowest BCUT2D eigenvalue weighted by atomic mass is 10.0. The van der Waals surface area contributed by atoms with Gasteiger partial charge in [-0.05, 0) is 31.4 Å². The van der Waals surface area contributed by atoms with Crippen LogP contribution in [-0.2, 0) is 4.74 Å². The Bertz CT molecular complexity index is 373. The van der Waals surface area contributed by atoms with Crippen LogP contribution in [0.25, 0.3) is 0 Å². The minimum Gasteiger partial charge on any atom is -0.467 e. The predicted octanol–water partition coefficient (Wildman–Crippen LogP) is 2.35. The summed E-state index contributed by atoms with van der Waals surface area (Å²) in [7, 11) is 0. The fourth-order valence-electron chi connectivity index (χ4n) is 3.44. The van der Waals surface area contributed by atoms with E-state index in [9.17, 15) is 5.11 Å². The van der Waals surface area contributed by atoms with Crippen LogP contribution < -0.4 is 0 Å². The van der Waals surface area contributed by atoms with Gasteiger partial charge in [0.05, 0.1) is 19.5 Å². The van der Waals surface area contributed by atoms with Crippen LogP contribution in [0.1, 0.15) is 44.0 Å². The fraction of sp³-hybridized carbons (Fsp3) is 0.733. The third kappa shape index (κ3) is 3.02. The van der Waals surface area contributed by atoms with E-state index in [-0.39, 0.29) is 0 Å². The van der Waals surface area contributed by atoms with Gasteiger partial charge in [0.1, 0.15) is 11.9 Å². The van der Waals surface area contributed by atoms with E-state index < -0.39 is 6.10 Å². The molecule has 1 aliphatic heterocycles. The van der Waals surface area contributed by atoms with Crippen molar-refractivity contribution in [2.45, 2.75) is 50.3 Å². The number of furan rings is 1. The largest absolute Gasteiger partial charge is 0.467 e. The zero-order valence-corrected chi connectivity index (χ0v) is 11.3. The first kappa shape index (κ1) is 13.2. The number of hydrogen-bond acceptors (Lipinski definition) is 4. The van der Waals surface area contributed by atoms with Crippen molar-refractivity contribution in [3.63, 3.8) is 0 Å². The van der Waals surface area contributed by atoms with Crippen LogP contribution in [0.3, 0.4) is 0 Å². The van der Waals surface area contributed by atoms with Gasteiger partial charge in [0.2, 0.25) is 0 Å². The SMILES string of the molecule is OC(CC1COCCN1C1CCCC1)c1ccco1. The van der Waals surface area contributed by atoms with Crippen LogP contribution in [-0.4, -0.2) is 41.8 Å². The van der Waals surface area contributed by atoms with Crippen LogP contribution >= 0.6 is 0 Å². The number of aliphatic hydroxyl groups excluding tert-OH is 1. The Kier molecular flexibility index (Phi) is 4.21. The van der Waals surface area contributed by atoms with Crippen molar-refractivity contribution in [2.75, 3.05) is 19.8 Å². The van der Waals surface area contributed by atoms with Crippen molar-refractivity contribution in [1.29, 1.82) is 0 Å². The van der Waals surface area contributed by atoms with Crippen LogP contribution in [0.2, 0.25) is 0 Å². The molecule has 0 aromatic carbocycles. The monoisotopic (exact) mass is 265 g/mol. The fourth-order valence-corrected chi connectivity index (χ4v) is 3.44. The van der Waals surface area contributed by atoms with Gasteiger partial charge in [-0.2, -0.15) is 0 Å². The lowest BCUT2D eigenvalue weighted by Gasteiger charge is -2.40. The molecule has 2 aliphatic rings. The molecule has 1 saturated carbocycles. The quantitative estimate of drug-likeness (QED) is 0.907. The first-order chi connectivity index (χ1) is 9.34. The standard InChI is InChI=1S/C15H23NO3/c17-14(15-6-3-8-19-15)10-13-11-18-9-7-16(13)12-4-1-2-5-12/h3,6,8,12-14,17H,1-2,4-5,7,9-11H2. The molecule has 0 amide bonds. The molecule has 1 saturated heterocycles. The van der Waals surface area contributed by atoms with E-state index in [0.717, 1.165) is 19.8 Å². The molecule has 1 aliphatic carbocycles. The van der Waals surface area contributed by atoms with Crippen molar-refractivity contribution >= 4 is 0 Å². The number of ether oxygens (including phenoxy) is 1. The Balaban J connectivity index is 1.63. The van der Waals surface area contributed by atoms with Gasteiger partial charge in [-0.1, -0.05) is 12.8 Å². The number of aliphatic hydroxyl groups is 1. The average molecular weight is 265 g/mol. The first-order valence-electron chi connectivity index (χ1n) is 7.39. The first-order valence-corrected chi connectivity index (χ1v) is 7.39. The molecule has 0 bridgehead atoms. The lowest BCUT2D eigenvalue weighted by molar-refractivity contribution is -0.0463. The number of morpholine rings is 1. The normalized spacial score (nSPS) is 27.7. The van der Waals surface area contributed by atoms with Crippen molar-refractivity contribution < 1.29 is 14.3 Å². The van der Waals surface area contributed by atoms with E-state index in [2.05, 4.69) is 4.90 Å². The highest BCUT2D eigenvalue weighted by atomic mass is 16.5. The van der Waals surface area contributed by atoms with Gasteiger partial charge in [0.25, 0.3) is 0 Å². The molecular formula is C15H23NO3. The molecular weight excluding hydrogens is 242 g/mol. The molecule has 19 heavy (non-hydrogen) atoms. The van der Waals surface area contributed by atoms with Crippen LogP contribution in [0.15, 0.2) is 22.8 Å². The molecule has 2 atom stereocenters. The summed E-state index contributed by atoms with van der Waals surface area (Å²) in [6, 6.07) is 4.67. The van der Waals surface area contributed by atoms with Gasteiger partial charge in [-0.3, -0.25) is 4.90 Å². The highest BCUT2D eigenvalue weighted by Crippen LogP contribution is 2.30. The van der Waals surface area contributed by atoms with E-state index in [0.29, 0.717) is 24.3 Å². The highest BCUT2D eigenvalue weighted by molar-refractivity contribution is 5.03. The molecule has 1 aromatic rings. The molecule has 3 rings (SSSR count). The summed E-state index contributed by atoms with van der Waals surface area (Å²) in [5.74, 6) is 0.664. The molecule has 2 unspecified atom stereocenters. The second-order valence-electron chi connectivity index (χ2n) is 5.67. The van der Waals surface area contributed by atoms with E-state index >= 15 is 0 Å².